The molecule has 116 valence electrons. The lowest BCUT2D eigenvalue weighted by Gasteiger charge is -2.12. The highest BCUT2D eigenvalue weighted by molar-refractivity contribution is 5.78. The Balaban J connectivity index is 1.81. The maximum absolute atomic E-state index is 11.3. The first-order chi connectivity index (χ1) is 10.3. The van der Waals surface area contributed by atoms with Crippen molar-refractivity contribution in [1.82, 2.24) is 20.1 Å². The highest BCUT2D eigenvalue weighted by atomic mass is 16.5. The van der Waals surface area contributed by atoms with Gasteiger partial charge in [-0.3, -0.25) is 0 Å². The van der Waals surface area contributed by atoms with Gasteiger partial charge in [-0.15, -0.1) is 0 Å². The molecule has 0 fully saturated rings. The van der Waals surface area contributed by atoms with Crippen molar-refractivity contribution in [3.63, 3.8) is 0 Å². The zero-order valence-electron chi connectivity index (χ0n) is 13.0. The summed E-state index contributed by atoms with van der Waals surface area (Å²) in [5.74, 6) is 1.22. The van der Waals surface area contributed by atoms with E-state index < -0.39 is 0 Å². The van der Waals surface area contributed by atoms with Gasteiger partial charge in [-0.05, 0) is 25.1 Å². The molecule has 3 N–H and O–H groups in total. The molecule has 0 saturated heterocycles. The van der Waals surface area contributed by atoms with Gasteiger partial charge in [-0.25, -0.2) is 4.79 Å². The van der Waals surface area contributed by atoms with Gasteiger partial charge in [-0.2, -0.15) is 4.98 Å². The van der Waals surface area contributed by atoms with Crippen LogP contribution in [-0.2, 0) is 5.41 Å². The van der Waals surface area contributed by atoms with Crippen LogP contribution in [0.15, 0.2) is 27.5 Å². The van der Waals surface area contributed by atoms with Gasteiger partial charge in [0.15, 0.2) is 5.82 Å². The number of fused-ring (bicyclic) bond motifs is 1. The Kier molecular flexibility index (Phi) is 3.27. The van der Waals surface area contributed by atoms with Crippen molar-refractivity contribution in [2.75, 3.05) is 5.32 Å². The summed E-state index contributed by atoms with van der Waals surface area (Å²) in [5.41, 5.74) is 2.03. The third kappa shape index (κ3) is 2.74. The fraction of sp³-hybridized carbons (Fsp3) is 0.400. The summed E-state index contributed by atoms with van der Waals surface area (Å²) in [4.78, 5) is 21.2. The minimum absolute atomic E-state index is 0.133. The second-order valence-electron chi connectivity index (χ2n) is 6.41. The fourth-order valence-electron chi connectivity index (χ4n) is 2.15. The number of benzene rings is 1. The quantitative estimate of drug-likeness (QED) is 0.690. The molecular weight excluding hydrogens is 282 g/mol. The first-order valence-corrected chi connectivity index (χ1v) is 7.15. The third-order valence-corrected chi connectivity index (χ3v) is 3.38. The van der Waals surface area contributed by atoms with Crippen LogP contribution in [0.4, 0.5) is 5.69 Å². The van der Waals surface area contributed by atoms with Crippen LogP contribution in [0.2, 0.25) is 0 Å². The first-order valence-electron chi connectivity index (χ1n) is 7.15. The van der Waals surface area contributed by atoms with E-state index in [1.807, 2.05) is 45.9 Å². The van der Waals surface area contributed by atoms with Crippen molar-refractivity contribution in [3.05, 3.63) is 40.4 Å². The average molecular weight is 301 g/mol. The third-order valence-electron chi connectivity index (χ3n) is 3.38. The SMILES string of the molecule is C[C@@H](Nc1ccc2[nH]c(=O)[nH]c2c1)c1nc(C(C)(C)C)no1. The standard InChI is InChI=1S/C15H19N5O2/c1-8(12-19-13(20-22-12)15(2,3)4)16-9-5-6-10-11(7-9)18-14(21)17-10/h5-8,16H,1-4H3,(H2,17,18,21)/t8-/m1/s1. The first kappa shape index (κ1) is 14.4. The normalized spacial score (nSPS) is 13.5. The van der Waals surface area contributed by atoms with Crippen LogP contribution < -0.4 is 11.0 Å². The predicted molar refractivity (Wildman–Crippen MR) is 84.0 cm³/mol. The molecule has 2 aromatic heterocycles. The molecule has 22 heavy (non-hydrogen) atoms. The van der Waals surface area contributed by atoms with Crippen LogP contribution in [0.5, 0.6) is 0 Å². The van der Waals surface area contributed by atoms with E-state index in [1.54, 1.807) is 0 Å². The topological polar surface area (TPSA) is 99.6 Å². The molecule has 0 aliphatic carbocycles. The van der Waals surface area contributed by atoms with E-state index in [2.05, 4.69) is 25.4 Å². The average Bonchev–Trinajstić information content (AvgIpc) is 3.02. The highest BCUT2D eigenvalue weighted by Crippen LogP contribution is 2.23. The number of anilines is 1. The number of aromatic amines is 2. The molecule has 0 amide bonds. The number of imidazole rings is 1. The minimum atomic E-state index is -0.216. The molecule has 0 saturated carbocycles. The molecule has 7 heteroatoms. The van der Waals surface area contributed by atoms with Crippen molar-refractivity contribution in [2.45, 2.75) is 39.2 Å². The highest BCUT2D eigenvalue weighted by Gasteiger charge is 2.23. The molecule has 3 rings (SSSR count). The van der Waals surface area contributed by atoms with Gasteiger partial charge >= 0.3 is 5.69 Å². The summed E-state index contributed by atoms with van der Waals surface area (Å²) in [6.45, 7) is 8.06. The van der Waals surface area contributed by atoms with E-state index in [0.717, 1.165) is 16.7 Å². The van der Waals surface area contributed by atoms with Crippen molar-refractivity contribution in [2.24, 2.45) is 0 Å². The lowest BCUT2D eigenvalue weighted by atomic mass is 9.96. The molecule has 0 unspecified atom stereocenters. The minimum Gasteiger partial charge on any atom is -0.374 e. The molecule has 2 heterocycles. The largest absolute Gasteiger partial charge is 0.374 e. The Morgan fingerprint density at radius 1 is 1.23 bits per heavy atom. The Labute approximate surface area is 127 Å². The number of rotatable bonds is 3. The summed E-state index contributed by atoms with van der Waals surface area (Å²) in [7, 11) is 0. The van der Waals surface area contributed by atoms with E-state index in [9.17, 15) is 4.79 Å². The maximum Gasteiger partial charge on any atom is 0.323 e. The number of nitrogens with zero attached hydrogens (tertiary/aromatic N) is 2. The van der Waals surface area contributed by atoms with Gasteiger partial charge in [0, 0.05) is 11.1 Å². The molecule has 1 aromatic carbocycles. The summed E-state index contributed by atoms with van der Waals surface area (Å²) in [6, 6.07) is 5.47. The predicted octanol–water partition coefficient (Wildman–Crippen LogP) is 2.71. The van der Waals surface area contributed by atoms with Crippen LogP contribution in [-0.4, -0.2) is 20.1 Å². The van der Waals surface area contributed by atoms with E-state index in [-0.39, 0.29) is 17.1 Å². The Morgan fingerprint density at radius 3 is 2.64 bits per heavy atom. The van der Waals surface area contributed by atoms with E-state index in [1.165, 1.54) is 0 Å². The zero-order chi connectivity index (χ0) is 15.9. The van der Waals surface area contributed by atoms with Gasteiger partial charge in [-0.1, -0.05) is 25.9 Å². The molecule has 0 aliphatic heterocycles. The van der Waals surface area contributed by atoms with Crippen LogP contribution >= 0.6 is 0 Å². The number of hydrogen-bond donors (Lipinski definition) is 3. The van der Waals surface area contributed by atoms with Gasteiger partial charge in [0.2, 0.25) is 5.89 Å². The van der Waals surface area contributed by atoms with Gasteiger partial charge < -0.3 is 19.8 Å². The fourth-order valence-corrected chi connectivity index (χ4v) is 2.15. The number of H-pyrrole nitrogens is 2. The van der Waals surface area contributed by atoms with Crippen molar-refractivity contribution < 1.29 is 4.52 Å². The molecule has 0 radical (unpaired) electrons. The van der Waals surface area contributed by atoms with E-state index in [4.69, 9.17) is 4.52 Å². The van der Waals surface area contributed by atoms with Crippen LogP contribution in [0.1, 0.15) is 45.5 Å². The molecular formula is C15H19N5O2. The Hall–Kier alpha value is -2.57. The second kappa shape index (κ2) is 5.01. The van der Waals surface area contributed by atoms with Crippen molar-refractivity contribution in [1.29, 1.82) is 0 Å². The lowest BCUT2D eigenvalue weighted by molar-refractivity contribution is 0.354. The molecule has 1 atom stereocenters. The molecule has 0 spiro atoms. The van der Waals surface area contributed by atoms with Crippen molar-refractivity contribution in [3.8, 4) is 0 Å². The smallest absolute Gasteiger partial charge is 0.323 e. The monoisotopic (exact) mass is 301 g/mol. The molecule has 3 aromatic rings. The van der Waals surface area contributed by atoms with E-state index in [0.29, 0.717) is 11.7 Å². The van der Waals surface area contributed by atoms with Gasteiger partial charge in [0.25, 0.3) is 0 Å². The number of aromatic nitrogens is 4. The van der Waals surface area contributed by atoms with Gasteiger partial charge in [0.05, 0.1) is 11.0 Å². The van der Waals surface area contributed by atoms with Crippen LogP contribution in [0, 0.1) is 0 Å². The number of nitrogens with one attached hydrogen (secondary N) is 3. The molecule has 0 bridgehead atoms. The maximum atomic E-state index is 11.3. The molecule has 0 aliphatic rings. The van der Waals surface area contributed by atoms with E-state index >= 15 is 0 Å². The summed E-state index contributed by atoms with van der Waals surface area (Å²) < 4.78 is 5.33. The summed E-state index contributed by atoms with van der Waals surface area (Å²) >= 11 is 0. The lowest BCUT2D eigenvalue weighted by Crippen LogP contribution is -2.14. The van der Waals surface area contributed by atoms with Gasteiger partial charge in [0.1, 0.15) is 6.04 Å². The zero-order valence-corrected chi connectivity index (χ0v) is 13.0. The van der Waals surface area contributed by atoms with Crippen LogP contribution in [0.25, 0.3) is 11.0 Å². The Morgan fingerprint density at radius 2 is 1.95 bits per heavy atom. The van der Waals surface area contributed by atoms with Crippen molar-refractivity contribution >= 4 is 16.7 Å². The summed E-state index contributed by atoms with van der Waals surface area (Å²) in [5, 5.41) is 7.32. The second-order valence-corrected chi connectivity index (χ2v) is 6.41. The van der Waals surface area contributed by atoms with Crippen LogP contribution in [0.3, 0.4) is 0 Å². The number of hydrogen-bond acceptors (Lipinski definition) is 5. The molecule has 7 nitrogen and oxygen atoms in total. The summed E-state index contributed by atoms with van der Waals surface area (Å²) in [6.07, 6.45) is 0. The Bertz CT molecular complexity index is 853.